The predicted octanol–water partition coefficient (Wildman–Crippen LogP) is 2.49. The molecule has 0 saturated carbocycles. The zero-order valence-electron chi connectivity index (χ0n) is 14.0. The fourth-order valence-corrected chi connectivity index (χ4v) is 3.54. The lowest BCUT2D eigenvalue weighted by Gasteiger charge is -2.35. The molecule has 0 bridgehead atoms. The molecule has 0 unspecified atom stereocenters. The Morgan fingerprint density at radius 3 is 2.79 bits per heavy atom. The molecule has 1 saturated heterocycles. The molecule has 6 nitrogen and oxygen atoms in total. The average molecular weight is 346 g/mol. The number of anilines is 1. The van der Waals surface area contributed by atoms with Crippen molar-refractivity contribution in [3.63, 3.8) is 0 Å². The van der Waals surface area contributed by atoms with Gasteiger partial charge < -0.3 is 19.9 Å². The first-order valence-electron chi connectivity index (χ1n) is 7.98. The lowest BCUT2D eigenvalue weighted by atomic mass is 10.3. The third-order valence-corrected chi connectivity index (χ3v) is 5.23. The summed E-state index contributed by atoms with van der Waals surface area (Å²) in [6.45, 7) is 5.58. The van der Waals surface area contributed by atoms with Crippen LogP contribution in [0.2, 0.25) is 0 Å². The molecule has 1 aliphatic heterocycles. The molecule has 24 heavy (non-hydrogen) atoms. The second-order valence-electron chi connectivity index (χ2n) is 5.71. The van der Waals surface area contributed by atoms with Crippen molar-refractivity contribution in [1.29, 1.82) is 0 Å². The Bertz CT molecular complexity index is 695. The zero-order valence-corrected chi connectivity index (χ0v) is 14.8. The number of pyridine rings is 1. The number of rotatable bonds is 4. The highest BCUT2D eigenvalue weighted by atomic mass is 32.1. The van der Waals surface area contributed by atoms with Crippen LogP contribution >= 0.6 is 11.3 Å². The van der Waals surface area contributed by atoms with E-state index in [4.69, 9.17) is 4.74 Å². The number of thiophene rings is 1. The zero-order chi connectivity index (χ0) is 16.9. The van der Waals surface area contributed by atoms with Crippen molar-refractivity contribution in [2.24, 2.45) is 0 Å². The van der Waals surface area contributed by atoms with Crippen LogP contribution < -0.4 is 15.0 Å². The lowest BCUT2D eigenvalue weighted by Crippen LogP contribution is -2.51. The quantitative estimate of drug-likeness (QED) is 0.924. The Kier molecular flexibility index (Phi) is 5.20. The Labute approximate surface area is 146 Å². The van der Waals surface area contributed by atoms with Crippen LogP contribution in [-0.2, 0) is 6.54 Å². The molecule has 7 heteroatoms. The highest BCUT2D eigenvalue weighted by molar-refractivity contribution is 7.10. The summed E-state index contributed by atoms with van der Waals surface area (Å²) in [5.74, 6) is 1.69. The normalized spacial score (nSPS) is 14.6. The molecular weight excluding hydrogens is 324 g/mol. The van der Waals surface area contributed by atoms with E-state index in [9.17, 15) is 4.79 Å². The Hall–Kier alpha value is -2.28. The van der Waals surface area contributed by atoms with Gasteiger partial charge in [0, 0.05) is 43.3 Å². The fraction of sp³-hybridized carbons (Fsp3) is 0.412. The summed E-state index contributed by atoms with van der Waals surface area (Å²) in [7, 11) is 1.65. The summed E-state index contributed by atoms with van der Waals surface area (Å²) in [6, 6.07) is 5.84. The fourth-order valence-electron chi connectivity index (χ4n) is 2.69. The number of nitrogens with zero attached hydrogens (tertiary/aromatic N) is 3. The van der Waals surface area contributed by atoms with Crippen LogP contribution in [0.3, 0.4) is 0 Å². The van der Waals surface area contributed by atoms with Gasteiger partial charge in [0.2, 0.25) is 0 Å². The maximum Gasteiger partial charge on any atom is 0.317 e. The summed E-state index contributed by atoms with van der Waals surface area (Å²) >= 11 is 1.68. The van der Waals surface area contributed by atoms with Crippen molar-refractivity contribution in [2.75, 3.05) is 38.2 Å². The van der Waals surface area contributed by atoms with E-state index in [0.717, 1.165) is 24.7 Å². The van der Waals surface area contributed by atoms with E-state index in [-0.39, 0.29) is 6.03 Å². The maximum absolute atomic E-state index is 12.3. The van der Waals surface area contributed by atoms with Gasteiger partial charge in [-0.3, -0.25) is 0 Å². The third-order valence-electron chi connectivity index (χ3n) is 4.21. The van der Waals surface area contributed by atoms with Crippen LogP contribution in [0.15, 0.2) is 29.8 Å². The van der Waals surface area contributed by atoms with Gasteiger partial charge in [-0.15, -0.1) is 11.3 Å². The van der Waals surface area contributed by atoms with Gasteiger partial charge in [0.05, 0.1) is 13.7 Å². The minimum atomic E-state index is 0.000974. The van der Waals surface area contributed by atoms with Crippen LogP contribution in [0.4, 0.5) is 10.6 Å². The highest BCUT2D eigenvalue weighted by Crippen LogP contribution is 2.19. The number of aromatic nitrogens is 1. The first kappa shape index (κ1) is 16.6. The molecular formula is C17H22N4O2S. The van der Waals surface area contributed by atoms with Crippen molar-refractivity contribution in [3.8, 4) is 5.75 Å². The number of piperazine rings is 1. The van der Waals surface area contributed by atoms with Crippen LogP contribution in [-0.4, -0.2) is 49.2 Å². The van der Waals surface area contributed by atoms with Gasteiger partial charge in [0.1, 0.15) is 11.6 Å². The summed E-state index contributed by atoms with van der Waals surface area (Å²) in [5, 5.41) is 5.06. The third kappa shape index (κ3) is 3.79. The first-order valence-corrected chi connectivity index (χ1v) is 8.86. The summed E-state index contributed by atoms with van der Waals surface area (Å²) in [4.78, 5) is 22.0. The summed E-state index contributed by atoms with van der Waals surface area (Å²) in [6.07, 6.45) is 1.75. The number of urea groups is 1. The molecule has 0 aromatic carbocycles. The van der Waals surface area contributed by atoms with Crippen molar-refractivity contribution in [3.05, 3.63) is 40.2 Å². The molecule has 128 valence electrons. The molecule has 1 fully saturated rings. The van der Waals surface area contributed by atoms with Crippen LogP contribution in [0.5, 0.6) is 5.75 Å². The summed E-state index contributed by atoms with van der Waals surface area (Å²) in [5.41, 5.74) is 1.23. The van der Waals surface area contributed by atoms with E-state index in [2.05, 4.69) is 33.6 Å². The minimum absolute atomic E-state index is 0.000974. The van der Waals surface area contributed by atoms with E-state index < -0.39 is 0 Å². The van der Waals surface area contributed by atoms with Gasteiger partial charge in [-0.2, -0.15) is 0 Å². The van der Waals surface area contributed by atoms with E-state index in [1.54, 1.807) is 24.6 Å². The van der Waals surface area contributed by atoms with Gasteiger partial charge in [0.15, 0.2) is 0 Å². The van der Waals surface area contributed by atoms with Gasteiger partial charge in [-0.05, 0) is 30.0 Å². The van der Waals surface area contributed by atoms with Gasteiger partial charge >= 0.3 is 6.03 Å². The number of carbonyl (C=O) groups excluding carboxylic acids is 1. The number of aryl methyl sites for hydroxylation is 1. The molecule has 2 aromatic heterocycles. The van der Waals surface area contributed by atoms with Gasteiger partial charge in [0.25, 0.3) is 0 Å². The number of ether oxygens (including phenoxy) is 1. The van der Waals surface area contributed by atoms with Crippen molar-refractivity contribution >= 4 is 23.2 Å². The van der Waals surface area contributed by atoms with E-state index >= 15 is 0 Å². The van der Waals surface area contributed by atoms with Crippen LogP contribution in [0.25, 0.3) is 0 Å². The Morgan fingerprint density at radius 1 is 1.33 bits per heavy atom. The predicted molar refractivity (Wildman–Crippen MR) is 95.9 cm³/mol. The largest absolute Gasteiger partial charge is 0.497 e. The van der Waals surface area contributed by atoms with Gasteiger partial charge in [-0.1, -0.05) is 0 Å². The van der Waals surface area contributed by atoms with Crippen LogP contribution in [0, 0.1) is 6.92 Å². The molecule has 0 atom stereocenters. The van der Waals surface area contributed by atoms with Crippen molar-refractivity contribution in [1.82, 2.24) is 15.2 Å². The van der Waals surface area contributed by atoms with Crippen molar-refractivity contribution < 1.29 is 9.53 Å². The molecule has 0 spiro atoms. The molecule has 1 N–H and O–H groups in total. The van der Waals surface area contributed by atoms with Crippen LogP contribution in [0.1, 0.15) is 10.4 Å². The molecule has 2 aromatic rings. The topological polar surface area (TPSA) is 57.7 Å². The number of methoxy groups -OCH3 is 1. The number of carbonyl (C=O) groups is 1. The molecule has 3 heterocycles. The standard InChI is InChI=1S/C17H22N4O2S/c1-13-4-10-24-15(13)12-19-17(22)21-8-6-20(7-9-21)16-11-14(23-2)3-5-18-16/h3-5,10-11H,6-9,12H2,1-2H3,(H,19,22). The second kappa shape index (κ2) is 7.53. The highest BCUT2D eigenvalue weighted by Gasteiger charge is 2.22. The minimum Gasteiger partial charge on any atom is -0.497 e. The molecule has 2 amide bonds. The molecule has 3 rings (SSSR count). The Morgan fingerprint density at radius 2 is 2.12 bits per heavy atom. The molecule has 0 radical (unpaired) electrons. The average Bonchev–Trinajstić information content (AvgIpc) is 3.05. The molecule has 0 aliphatic carbocycles. The van der Waals surface area contributed by atoms with E-state index in [1.165, 1.54) is 10.4 Å². The van der Waals surface area contributed by atoms with Gasteiger partial charge in [-0.25, -0.2) is 9.78 Å². The Balaban J connectivity index is 1.51. The van der Waals surface area contributed by atoms with E-state index in [1.807, 2.05) is 17.0 Å². The number of hydrogen-bond donors (Lipinski definition) is 1. The first-order chi connectivity index (χ1) is 11.7. The van der Waals surface area contributed by atoms with E-state index in [0.29, 0.717) is 19.6 Å². The number of hydrogen-bond acceptors (Lipinski definition) is 5. The monoisotopic (exact) mass is 346 g/mol. The number of nitrogens with one attached hydrogen (secondary N) is 1. The number of amides is 2. The SMILES string of the molecule is COc1ccnc(N2CCN(C(=O)NCc3sccc3C)CC2)c1. The summed E-state index contributed by atoms with van der Waals surface area (Å²) < 4.78 is 5.24. The lowest BCUT2D eigenvalue weighted by molar-refractivity contribution is 0.194. The van der Waals surface area contributed by atoms with Crippen molar-refractivity contribution in [2.45, 2.75) is 13.5 Å². The smallest absolute Gasteiger partial charge is 0.317 e. The molecule has 1 aliphatic rings. The second-order valence-corrected chi connectivity index (χ2v) is 6.71. The maximum atomic E-state index is 12.3.